The second kappa shape index (κ2) is 9.32. The van der Waals surface area contributed by atoms with Crippen LogP contribution in [0.3, 0.4) is 0 Å². The highest BCUT2D eigenvalue weighted by Gasteiger charge is 2.25. The standard InChI is InChI=1S/C23H23ClN2O3S/c1-17-10-6-7-13-19(17)23(18-11-4-3-5-12-18)25-22(27)16-26(30(2,28)29)21-15-9-8-14-20(21)24/h3-15,23H,16H2,1-2H3,(H,25,27)/t23-/m0/s1. The van der Waals surface area contributed by atoms with Crippen LogP contribution in [-0.4, -0.2) is 27.1 Å². The van der Waals surface area contributed by atoms with E-state index in [1.807, 2.05) is 61.5 Å². The molecule has 0 aliphatic heterocycles. The van der Waals surface area contributed by atoms with Gasteiger partial charge in [-0.25, -0.2) is 8.42 Å². The summed E-state index contributed by atoms with van der Waals surface area (Å²) in [6.07, 6.45) is 1.06. The van der Waals surface area contributed by atoms with Gasteiger partial charge in [-0.15, -0.1) is 0 Å². The minimum absolute atomic E-state index is 0.259. The highest BCUT2D eigenvalue weighted by molar-refractivity contribution is 7.92. The van der Waals surface area contributed by atoms with Gasteiger partial charge >= 0.3 is 0 Å². The van der Waals surface area contributed by atoms with Gasteiger partial charge in [-0.3, -0.25) is 9.10 Å². The zero-order valence-electron chi connectivity index (χ0n) is 16.7. The largest absolute Gasteiger partial charge is 0.344 e. The molecule has 1 N–H and O–H groups in total. The van der Waals surface area contributed by atoms with Crippen molar-refractivity contribution in [2.45, 2.75) is 13.0 Å². The summed E-state index contributed by atoms with van der Waals surface area (Å²) in [5, 5.41) is 3.25. The van der Waals surface area contributed by atoms with E-state index < -0.39 is 22.0 Å². The lowest BCUT2D eigenvalue weighted by Crippen LogP contribution is -2.42. The van der Waals surface area contributed by atoms with Gasteiger partial charge in [-0.2, -0.15) is 0 Å². The minimum atomic E-state index is -3.72. The van der Waals surface area contributed by atoms with Crippen LogP contribution in [0.25, 0.3) is 0 Å². The number of nitrogens with one attached hydrogen (secondary N) is 1. The van der Waals surface area contributed by atoms with Gasteiger partial charge in [0, 0.05) is 0 Å². The number of carbonyl (C=O) groups excluding carboxylic acids is 1. The Balaban J connectivity index is 1.92. The van der Waals surface area contributed by atoms with Crippen molar-refractivity contribution in [1.29, 1.82) is 0 Å². The molecule has 0 bridgehead atoms. The smallest absolute Gasteiger partial charge is 0.241 e. The average Bonchev–Trinajstić information content (AvgIpc) is 2.71. The molecule has 1 amide bonds. The third-order valence-electron chi connectivity index (χ3n) is 4.75. The SMILES string of the molecule is Cc1ccccc1[C@@H](NC(=O)CN(c1ccccc1Cl)S(C)(=O)=O)c1ccccc1. The number of sulfonamides is 1. The van der Waals surface area contributed by atoms with Gasteiger partial charge in [-0.05, 0) is 35.7 Å². The number of rotatable bonds is 7. The van der Waals surface area contributed by atoms with Crippen molar-refractivity contribution in [3.05, 3.63) is 101 Å². The molecule has 0 unspecified atom stereocenters. The van der Waals surface area contributed by atoms with Gasteiger partial charge in [0.25, 0.3) is 0 Å². The molecule has 3 aromatic carbocycles. The number of para-hydroxylation sites is 1. The Morgan fingerprint density at radius 1 is 0.967 bits per heavy atom. The lowest BCUT2D eigenvalue weighted by atomic mass is 9.95. The first-order valence-electron chi connectivity index (χ1n) is 9.39. The van der Waals surface area contributed by atoms with Crippen LogP contribution in [0.4, 0.5) is 5.69 Å². The summed E-state index contributed by atoms with van der Waals surface area (Å²) in [4.78, 5) is 13.0. The molecule has 0 saturated heterocycles. The van der Waals surface area contributed by atoms with E-state index in [4.69, 9.17) is 11.6 Å². The first-order valence-corrected chi connectivity index (χ1v) is 11.6. The second-order valence-corrected chi connectivity index (χ2v) is 9.30. The molecule has 156 valence electrons. The summed E-state index contributed by atoms with van der Waals surface area (Å²) in [5.41, 5.74) is 3.14. The third-order valence-corrected chi connectivity index (χ3v) is 6.19. The van der Waals surface area contributed by atoms with Crippen molar-refractivity contribution in [3.8, 4) is 0 Å². The fraction of sp³-hybridized carbons (Fsp3) is 0.174. The van der Waals surface area contributed by atoms with E-state index >= 15 is 0 Å². The number of benzene rings is 3. The molecular formula is C23H23ClN2O3S. The molecule has 30 heavy (non-hydrogen) atoms. The summed E-state index contributed by atoms with van der Waals surface area (Å²) >= 11 is 6.19. The molecule has 0 fully saturated rings. The van der Waals surface area contributed by atoms with E-state index in [9.17, 15) is 13.2 Å². The Labute approximate surface area is 182 Å². The molecule has 0 aliphatic carbocycles. The van der Waals surface area contributed by atoms with Crippen LogP contribution in [0.2, 0.25) is 5.02 Å². The van der Waals surface area contributed by atoms with Gasteiger partial charge in [-0.1, -0.05) is 78.3 Å². The fourth-order valence-electron chi connectivity index (χ4n) is 3.27. The Hall–Kier alpha value is -2.83. The van der Waals surface area contributed by atoms with E-state index in [0.717, 1.165) is 27.3 Å². The fourth-order valence-corrected chi connectivity index (χ4v) is 4.43. The molecule has 5 nitrogen and oxygen atoms in total. The first kappa shape index (κ1) is 21.9. The number of carbonyl (C=O) groups is 1. The molecule has 1 atom stereocenters. The van der Waals surface area contributed by atoms with Gasteiger partial charge in [0.2, 0.25) is 15.9 Å². The van der Waals surface area contributed by atoms with E-state index in [2.05, 4.69) is 5.32 Å². The third kappa shape index (κ3) is 5.20. The molecule has 7 heteroatoms. The highest BCUT2D eigenvalue weighted by atomic mass is 35.5. The van der Waals surface area contributed by atoms with Crippen LogP contribution in [0.5, 0.6) is 0 Å². The van der Waals surface area contributed by atoms with Gasteiger partial charge in [0.05, 0.1) is 23.0 Å². The number of hydrogen-bond acceptors (Lipinski definition) is 3. The van der Waals surface area contributed by atoms with E-state index in [-0.39, 0.29) is 17.3 Å². The first-order chi connectivity index (χ1) is 14.3. The lowest BCUT2D eigenvalue weighted by Gasteiger charge is -2.26. The molecule has 3 aromatic rings. The van der Waals surface area contributed by atoms with Crippen LogP contribution in [0, 0.1) is 6.92 Å². The molecule has 0 aliphatic rings. The molecule has 0 saturated carbocycles. The summed E-state index contributed by atoms with van der Waals surface area (Å²) in [7, 11) is -3.72. The van der Waals surface area contributed by atoms with Crippen LogP contribution in [-0.2, 0) is 14.8 Å². The van der Waals surface area contributed by atoms with Crippen LogP contribution >= 0.6 is 11.6 Å². The Kier molecular flexibility index (Phi) is 6.80. The maximum Gasteiger partial charge on any atom is 0.241 e. The van der Waals surface area contributed by atoms with Crippen LogP contribution < -0.4 is 9.62 Å². The predicted octanol–water partition coefficient (Wildman–Crippen LogP) is 4.32. The summed E-state index contributed by atoms with van der Waals surface area (Å²) in [5.74, 6) is -0.433. The number of aryl methyl sites for hydroxylation is 1. The summed E-state index contributed by atoms with van der Waals surface area (Å²) < 4.78 is 25.8. The van der Waals surface area contributed by atoms with Crippen LogP contribution in [0.1, 0.15) is 22.7 Å². The topological polar surface area (TPSA) is 66.5 Å². The summed E-state index contributed by atoms with van der Waals surface area (Å²) in [6.45, 7) is 1.60. The predicted molar refractivity (Wildman–Crippen MR) is 121 cm³/mol. The zero-order chi connectivity index (χ0) is 21.7. The Morgan fingerprint density at radius 2 is 1.57 bits per heavy atom. The van der Waals surface area contributed by atoms with Crippen LogP contribution in [0.15, 0.2) is 78.9 Å². The average molecular weight is 443 g/mol. The van der Waals surface area contributed by atoms with Crippen molar-refractivity contribution in [3.63, 3.8) is 0 Å². The van der Waals surface area contributed by atoms with Crippen molar-refractivity contribution in [1.82, 2.24) is 5.32 Å². The molecule has 0 radical (unpaired) electrons. The minimum Gasteiger partial charge on any atom is -0.344 e. The van der Waals surface area contributed by atoms with Crippen molar-refractivity contribution in [2.24, 2.45) is 0 Å². The molecule has 3 rings (SSSR count). The number of halogens is 1. The Morgan fingerprint density at radius 3 is 2.20 bits per heavy atom. The van der Waals surface area contributed by atoms with Gasteiger partial charge in [0.1, 0.15) is 6.54 Å². The Bertz CT molecular complexity index is 1130. The van der Waals surface area contributed by atoms with Crippen molar-refractivity contribution < 1.29 is 13.2 Å². The number of anilines is 1. The highest BCUT2D eigenvalue weighted by Crippen LogP contribution is 2.28. The van der Waals surface area contributed by atoms with E-state index in [1.54, 1.807) is 24.3 Å². The van der Waals surface area contributed by atoms with Crippen molar-refractivity contribution in [2.75, 3.05) is 17.1 Å². The number of hydrogen-bond donors (Lipinski definition) is 1. The molecule has 0 heterocycles. The van der Waals surface area contributed by atoms with E-state index in [0.29, 0.717) is 0 Å². The van der Waals surface area contributed by atoms with Gasteiger partial charge in [0.15, 0.2) is 0 Å². The van der Waals surface area contributed by atoms with Crippen molar-refractivity contribution >= 4 is 33.2 Å². The maximum absolute atomic E-state index is 13.0. The van der Waals surface area contributed by atoms with E-state index in [1.165, 1.54) is 0 Å². The lowest BCUT2D eigenvalue weighted by molar-refractivity contribution is -0.120. The zero-order valence-corrected chi connectivity index (χ0v) is 18.3. The maximum atomic E-state index is 13.0. The molecule has 0 spiro atoms. The normalized spacial score (nSPS) is 12.2. The molecular weight excluding hydrogens is 420 g/mol. The van der Waals surface area contributed by atoms with Gasteiger partial charge < -0.3 is 5.32 Å². The molecule has 0 aromatic heterocycles. The monoisotopic (exact) mass is 442 g/mol. The quantitative estimate of drug-likeness (QED) is 0.592. The number of amides is 1. The second-order valence-electron chi connectivity index (χ2n) is 6.99. The number of nitrogens with zero attached hydrogens (tertiary/aromatic N) is 1. The summed E-state index contributed by atoms with van der Waals surface area (Å²) in [6, 6.07) is 23.5.